The van der Waals surface area contributed by atoms with Crippen LogP contribution in [0.25, 0.3) is 0 Å². The Kier molecular flexibility index (Phi) is 4.55. The summed E-state index contributed by atoms with van der Waals surface area (Å²) < 4.78 is 26.9. The molecule has 1 amide bonds. The van der Waals surface area contributed by atoms with E-state index in [0.717, 1.165) is 28.4 Å². The number of rotatable bonds is 3. The molecule has 27 heavy (non-hydrogen) atoms. The SMILES string of the molecule is CS(=O)(=O)N1CCN(C(=O)C2(c3ccccc3Br)CC2)Cc2ccccc21. The van der Waals surface area contributed by atoms with Crippen molar-refractivity contribution in [2.45, 2.75) is 24.8 Å². The predicted octanol–water partition coefficient (Wildman–Crippen LogP) is 3.29. The van der Waals surface area contributed by atoms with Gasteiger partial charge in [-0.1, -0.05) is 52.3 Å². The van der Waals surface area contributed by atoms with Gasteiger partial charge in [-0.25, -0.2) is 8.42 Å². The standard InChI is InChI=1S/C20H21BrN2O3S/c1-27(25,26)23-13-12-22(14-15-6-2-5-9-18(15)23)19(24)20(10-11-20)16-7-3-4-8-17(16)21/h2-9H,10-14H2,1H3. The Hall–Kier alpha value is -1.86. The number of carbonyl (C=O) groups excluding carboxylic acids is 1. The summed E-state index contributed by atoms with van der Waals surface area (Å²) in [6.45, 7) is 1.08. The van der Waals surface area contributed by atoms with Gasteiger partial charge in [0.05, 0.1) is 23.9 Å². The Morgan fingerprint density at radius 2 is 1.70 bits per heavy atom. The number of hydrogen-bond acceptors (Lipinski definition) is 3. The van der Waals surface area contributed by atoms with E-state index in [1.54, 1.807) is 0 Å². The maximum absolute atomic E-state index is 13.5. The van der Waals surface area contributed by atoms with Crippen molar-refractivity contribution in [2.75, 3.05) is 23.7 Å². The van der Waals surface area contributed by atoms with Gasteiger partial charge in [0.15, 0.2) is 0 Å². The van der Waals surface area contributed by atoms with Crippen LogP contribution in [0, 0.1) is 0 Å². The number of carbonyl (C=O) groups is 1. The average Bonchev–Trinajstić information content (AvgIpc) is 3.44. The number of fused-ring (bicyclic) bond motifs is 1. The molecule has 2 aliphatic rings. The minimum atomic E-state index is -3.40. The van der Waals surface area contributed by atoms with Crippen LogP contribution in [0.2, 0.25) is 0 Å². The minimum absolute atomic E-state index is 0.0829. The number of sulfonamides is 1. The van der Waals surface area contributed by atoms with E-state index < -0.39 is 15.4 Å². The molecule has 0 bridgehead atoms. The summed E-state index contributed by atoms with van der Waals surface area (Å²) in [6, 6.07) is 15.3. The number of nitrogens with zero attached hydrogens (tertiary/aromatic N) is 2. The number of hydrogen-bond donors (Lipinski definition) is 0. The van der Waals surface area contributed by atoms with Crippen molar-refractivity contribution in [1.82, 2.24) is 4.90 Å². The topological polar surface area (TPSA) is 57.7 Å². The molecule has 0 aromatic heterocycles. The zero-order valence-corrected chi connectivity index (χ0v) is 17.5. The molecule has 0 N–H and O–H groups in total. The quantitative estimate of drug-likeness (QED) is 0.723. The van der Waals surface area contributed by atoms with Crippen LogP contribution in [-0.4, -0.2) is 38.6 Å². The Balaban J connectivity index is 1.69. The average molecular weight is 449 g/mol. The van der Waals surface area contributed by atoms with E-state index in [9.17, 15) is 13.2 Å². The third-order valence-electron chi connectivity index (χ3n) is 5.43. The lowest BCUT2D eigenvalue weighted by Crippen LogP contribution is -2.42. The Morgan fingerprint density at radius 1 is 1.04 bits per heavy atom. The summed E-state index contributed by atoms with van der Waals surface area (Å²) in [5, 5.41) is 0. The van der Waals surface area contributed by atoms with Gasteiger partial charge in [-0.05, 0) is 36.1 Å². The molecule has 142 valence electrons. The highest BCUT2D eigenvalue weighted by Gasteiger charge is 2.54. The molecule has 2 aromatic rings. The lowest BCUT2D eigenvalue weighted by atomic mass is 9.94. The first kappa shape index (κ1) is 18.5. The van der Waals surface area contributed by atoms with E-state index in [0.29, 0.717) is 18.8 Å². The van der Waals surface area contributed by atoms with E-state index >= 15 is 0 Å². The number of anilines is 1. The van der Waals surface area contributed by atoms with Gasteiger partial charge in [-0.15, -0.1) is 0 Å². The molecule has 1 fully saturated rings. The Bertz CT molecular complexity index is 1000. The second kappa shape index (κ2) is 6.63. The summed E-state index contributed by atoms with van der Waals surface area (Å²) in [4.78, 5) is 15.3. The molecule has 1 heterocycles. The predicted molar refractivity (Wildman–Crippen MR) is 109 cm³/mol. The molecule has 1 saturated carbocycles. The lowest BCUT2D eigenvalue weighted by molar-refractivity contribution is -0.134. The van der Waals surface area contributed by atoms with E-state index in [4.69, 9.17) is 0 Å². The van der Waals surface area contributed by atoms with E-state index in [-0.39, 0.29) is 12.5 Å². The fourth-order valence-electron chi connectivity index (χ4n) is 3.90. The molecular formula is C20H21BrN2O3S. The summed E-state index contributed by atoms with van der Waals surface area (Å²) in [6.07, 6.45) is 2.86. The molecule has 7 heteroatoms. The fourth-order valence-corrected chi connectivity index (χ4v) is 5.51. The first-order chi connectivity index (χ1) is 12.8. The monoisotopic (exact) mass is 448 g/mol. The molecule has 1 aliphatic carbocycles. The van der Waals surface area contributed by atoms with Crippen molar-refractivity contribution in [3.63, 3.8) is 0 Å². The van der Waals surface area contributed by atoms with Gasteiger partial charge in [-0.2, -0.15) is 0 Å². The van der Waals surface area contributed by atoms with Crippen LogP contribution in [0.1, 0.15) is 24.0 Å². The van der Waals surface area contributed by atoms with Crippen LogP contribution in [0.3, 0.4) is 0 Å². The molecule has 0 atom stereocenters. The zero-order valence-electron chi connectivity index (χ0n) is 15.1. The van der Waals surface area contributed by atoms with Crippen molar-refractivity contribution in [3.05, 3.63) is 64.1 Å². The van der Waals surface area contributed by atoms with Gasteiger partial charge in [0, 0.05) is 17.6 Å². The van der Waals surface area contributed by atoms with Crippen LogP contribution >= 0.6 is 15.9 Å². The minimum Gasteiger partial charge on any atom is -0.336 e. The van der Waals surface area contributed by atoms with E-state index in [1.165, 1.54) is 10.6 Å². The number of para-hydroxylation sites is 1. The number of halogens is 1. The maximum atomic E-state index is 13.5. The Labute approximate surface area is 168 Å². The molecule has 1 aliphatic heterocycles. The van der Waals surface area contributed by atoms with Crippen LogP contribution in [0.4, 0.5) is 5.69 Å². The molecule has 0 saturated heterocycles. The zero-order chi connectivity index (χ0) is 19.2. The normalized spacial score (nSPS) is 18.6. The van der Waals surface area contributed by atoms with Crippen molar-refractivity contribution in [2.24, 2.45) is 0 Å². The smallest absolute Gasteiger partial charge is 0.233 e. The summed E-state index contributed by atoms with van der Waals surface area (Å²) in [5.74, 6) is 0.0829. The van der Waals surface area contributed by atoms with Crippen molar-refractivity contribution < 1.29 is 13.2 Å². The maximum Gasteiger partial charge on any atom is 0.233 e. The van der Waals surface area contributed by atoms with Gasteiger partial charge < -0.3 is 4.90 Å². The Morgan fingerprint density at radius 3 is 2.37 bits per heavy atom. The van der Waals surface area contributed by atoms with Crippen molar-refractivity contribution in [1.29, 1.82) is 0 Å². The first-order valence-corrected chi connectivity index (χ1v) is 11.6. The van der Waals surface area contributed by atoms with Crippen LogP contribution in [0.15, 0.2) is 53.0 Å². The molecule has 2 aromatic carbocycles. The van der Waals surface area contributed by atoms with Crippen LogP contribution in [-0.2, 0) is 26.8 Å². The lowest BCUT2D eigenvalue weighted by Gasteiger charge is -2.27. The highest BCUT2D eigenvalue weighted by Crippen LogP contribution is 2.52. The third kappa shape index (κ3) is 3.27. The first-order valence-electron chi connectivity index (χ1n) is 8.93. The van der Waals surface area contributed by atoms with Crippen LogP contribution in [0.5, 0.6) is 0 Å². The van der Waals surface area contributed by atoms with Gasteiger partial charge in [0.25, 0.3) is 0 Å². The molecule has 4 rings (SSSR count). The fraction of sp³-hybridized carbons (Fsp3) is 0.350. The number of benzene rings is 2. The number of amides is 1. The van der Waals surface area contributed by atoms with Gasteiger partial charge in [-0.3, -0.25) is 9.10 Å². The third-order valence-corrected chi connectivity index (χ3v) is 7.30. The molecular weight excluding hydrogens is 428 g/mol. The highest BCUT2D eigenvalue weighted by molar-refractivity contribution is 9.10. The molecule has 0 unspecified atom stereocenters. The van der Waals surface area contributed by atoms with E-state index in [1.807, 2.05) is 53.4 Å². The molecule has 0 radical (unpaired) electrons. The largest absolute Gasteiger partial charge is 0.336 e. The summed E-state index contributed by atoms with van der Waals surface area (Å²) in [7, 11) is -3.40. The molecule has 5 nitrogen and oxygen atoms in total. The van der Waals surface area contributed by atoms with E-state index in [2.05, 4.69) is 15.9 Å². The van der Waals surface area contributed by atoms with Crippen molar-refractivity contribution in [3.8, 4) is 0 Å². The summed E-state index contributed by atoms with van der Waals surface area (Å²) >= 11 is 3.58. The van der Waals surface area contributed by atoms with Gasteiger partial charge >= 0.3 is 0 Å². The van der Waals surface area contributed by atoms with Gasteiger partial charge in [0.2, 0.25) is 15.9 Å². The van der Waals surface area contributed by atoms with Crippen molar-refractivity contribution >= 4 is 37.5 Å². The second-order valence-electron chi connectivity index (χ2n) is 7.25. The summed E-state index contributed by atoms with van der Waals surface area (Å²) in [5.41, 5.74) is 2.06. The second-order valence-corrected chi connectivity index (χ2v) is 10.0. The molecule has 0 spiro atoms. The van der Waals surface area contributed by atoms with Gasteiger partial charge in [0.1, 0.15) is 0 Å². The van der Waals surface area contributed by atoms with Crippen LogP contribution < -0.4 is 4.31 Å². The highest BCUT2D eigenvalue weighted by atomic mass is 79.9.